The third-order valence-electron chi connectivity index (χ3n) is 4.69. The zero-order chi connectivity index (χ0) is 17.1. The van der Waals surface area contributed by atoms with Gasteiger partial charge in [0, 0.05) is 50.5 Å². The van der Waals surface area contributed by atoms with Gasteiger partial charge in [0.2, 0.25) is 0 Å². The van der Waals surface area contributed by atoms with Gasteiger partial charge in [0.1, 0.15) is 5.65 Å². The number of fused-ring (bicyclic) bond motifs is 1. The van der Waals surface area contributed by atoms with Gasteiger partial charge in [-0.1, -0.05) is 6.07 Å². The molecule has 25 heavy (non-hydrogen) atoms. The van der Waals surface area contributed by atoms with Crippen LogP contribution in [0.25, 0.3) is 5.65 Å². The molecule has 0 bridgehead atoms. The normalized spacial score (nSPS) is 16.2. The molecule has 0 spiro atoms. The molecule has 3 aromatic rings. The van der Waals surface area contributed by atoms with Crippen molar-refractivity contribution in [3.8, 4) is 0 Å². The van der Waals surface area contributed by atoms with Crippen LogP contribution < -0.4 is 5.32 Å². The zero-order valence-corrected chi connectivity index (χ0v) is 14.0. The summed E-state index contributed by atoms with van der Waals surface area (Å²) in [5.41, 5.74) is 2.61. The van der Waals surface area contributed by atoms with Crippen molar-refractivity contribution in [3.63, 3.8) is 0 Å². The number of nitrogens with one attached hydrogen (secondary N) is 1. The summed E-state index contributed by atoms with van der Waals surface area (Å²) < 4.78 is 1.87. The standard InChI is InChI=1S/C19H21N5O/c25-19(15-4-5-18-21-9-12-24(18)13-15)22-16-6-10-23(11-7-16)14-17-3-1-2-8-20-17/h1-5,8-9,12-13,16H,6-7,10-11,14H2,(H,22,25). The van der Waals surface area contributed by atoms with E-state index in [4.69, 9.17) is 0 Å². The number of piperidine rings is 1. The fourth-order valence-corrected chi connectivity index (χ4v) is 3.28. The van der Waals surface area contributed by atoms with E-state index in [1.165, 1.54) is 0 Å². The zero-order valence-electron chi connectivity index (χ0n) is 14.0. The predicted molar refractivity (Wildman–Crippen MR) is 95.2 cm³/mol. The molecule has 1 fully saturated rings. The molecule has 1 amide bonds. The van der Waals surface area contributed by atoms with E-state index in [2.05, 4.69) is 26.3 Å². The first-order valence-corrected chi connectivity index (χ1v) is 8.64. The van der Waals surface area contributed by atoms with Crippen molar-refractivity contribution in [1.82, 2.24) is 24.6 Å². The number of amides is 1. The Bertz CT molecular complexity index is 852. The molecule has 3 aromatic heterocycles. The second-order valence-corrected chi connectivity index (χ2v) is 6.46. The Morgan fingerprint density at radius 1 is 1.12 bits per heavy atom. The lowest BCUT2D eigenvalue weighted by Crippen LogP contribution is -2.44. The molecule has 0 atom stereocenters. The van der Waals surface area contributed by atoms with Gasteiger partial charge < -0.3 is 9.72 Å². The van der Waals surface area contributed by atoms with Crippen LogP contribution in [0.4, 0.5) is 0 Å². The van der Waals surface area contributed by atoms with Crippen molar-refractivity contribution in [2.24, 2.45) is 0 Å². The highest BCUT2D eigenvalue weighted by atomic mass is 16.1. The minimum atomic E-state index is -0.0150. The van der Waals surface area contributed by atoms with Crippen molar-refractivity contribution in [1.29, 1.82) is 0 Å². The molecular formula is C19H21N5O. The quantitative estimate of drug-likeness (QED) is 0.793. The molecule has 6 nitrogen and oxygen atoms in total. The third-order valence-corrected chi connectivity index (χ3v) is 4.69. The second-order valence-electron chi connectivity index (χ2n) is 6.46. The van der Waals surface area contributed by atoms with E-state index in [1.807, 2.05) is 47.3 Å². The number of hydrogen-bond donors (Lipinski definition) is 1. The van der Waals surface area contributed by atoms with E-state index >= 15 is 0 Å². The van der Waals surface area contributed by atoms with Gasteiger partial charge in [0.05, 0.1) is 11.3 Å². The van der Waals surface area contributed by atoms with Crippen molar-refractivity contribution in [2.75, 3.05) is 13.1 Å². The van der Waals surface area contributed by atoms with Crippen LogP contribution in [0.3, 0.4) is 0 Å². The van der Waals surface area contributed by atoms with Crippen molar-refractivity contribution in [2.45, 2.75) is 25.4 Å². The average Bonchev–Trinajstić information content (AvgIpc) is 3.12. The van der Waals surface area contributed by atoms with Crippen LogP contribution in [-0.4, -0.2) is 44.3 Å². The van der Waals surface area contributed by atoms with Crippen LogP contribution in [-0.2, 0) is 6.54 Å². The molecule has 4 heterocycles. The van der Waals surface area contributed by atoms with E-state index in [1.54, 1.807) is 6.20 Å². The lowest BCUT2D eigenvalue weighted by Gasteiger charge is -2.32. The topological polar surface area (TPSA) is 62.5 Å². The Morgan fingerprint density at radius 2 is 2.00 bits per heavy atom. The lowest BCUT2D eigenvalue weighted by atomic mass is 10.0. The molecular weight excluding hydrogens is 314 g/mol. The monoisotopic (exact) mass is 335 g/mol. The molecule has 1 saturated heterocycles. The van der Waals surface area contributed by atoms with Gasteiger partial charge in [-0.3, -0.25) is 14.7 Å². The molecule has 0 unspecified atom stereocenters. The summed E-state index contributed by atoms with van der Waals surface area (Å²) in [4.78, 5) is 23.5. The number of imidazole rings is 1. The van der Waals surface area contributed by atoms with Crippen molar-refractivity contribution in [3.05, 3.63) is 66.4 Å². The predicted octanol–water partition coefficient (Wildman–Crippen LogP) is 2.12. The number of rotatable bonds is 4. The smallest absolute Gasteiger partial charge is 0.252 e. The van der Waals surface area contributed by atoms with Crippen molar-refractivity contribution < 1.29 is 4.79 Å². The summed E-state index contributed by atoms with van der Waals surface area (Å²) in [7, 11) is 0. The third kappa shape index (κ3) is 3.69. The van der Waals surface area contributed by atoms with Crippen LogP contribution >= 0.6 is 0 Å². The first-order valence-electron chi connectivity index (χ1n) is 8.64. The van der Waals surface area contributed by atoms with Gasteiger partial charge >= 0.3 is 0 Å². The fraction of sp³-hybridized carbons (Fsp3) is 0.316. The van der Waals surface area contributed by atoms with Gasteiger partial charge in [-0.15, -0.1) is 0 Å². The highest BCUT2D eigenvalue weighted by Gasteiger charge is 2.21. The van der Waals surface area contributed by atoms with E-state index in [9.17, 15) is 4.79 Å². The number of pyridine rings is 2. The van der Waals surface area contributed by atoms with Gasteiger partial charge in [-0.2, -0.15) is 0 Å². The number of aromatic nitrogens is 3. The molecule has 0 saturated carbocycles. The second kappa shape index (κ2) is 7.03. The van der Waals surface area contributed by atoms with E-state index in [-0.39, 0.29) is 11.9 Å². The van der Waals surface area contributed by atoms with E-state index in [0.717, 1.165) is 43.8 Å². The minimum Gasteiger partial charge on any atom is -0.349 e. The minimum absolute atomic E-state index is 0.0150. The van der Waals surface area contributed by atoms with Gasteiger partial charge in [0.15, 0.2) is 0 Å². The summed E-state index contributed by atoms with van der Waals surface area (Å²) in [6, 6.07) is 9.93. The number of nitrogens with zero attached hydrogens (tertiary/aromatic N) is 4. The first kappa shape index (κ1) is 15.8. The Morgan fingerprint density at radius 3 is 2.80 bits per heavy atom. The van der Waals surface area contributed by atoms with Crippen LogP contribution in [0, 0.1) is 0 Å². The molecule has 128 valence electrons. The molecule has 6 heteroatoms. The van der Waals surface area contributed by atoms with Crippen molar-refractivity contribution >= 4 is 11.6 Å². The summed E-state index contributed by atoms with van der Waals surface area (Å²) in [5, 5.41) is 3.16. The maximum atomic E-state index is 12.5. The number of hydrogen-bond acceptors (Lipinski definition) is 4. The van der Waals surface area contributed by atoms with Gasteiger partial charge in [0.25, 0.3) is 5.91 Å². The largest absolute Gasteiger partial charge is 0.349 e. The molecule has 1 aliphatic rings. The molecule has 0 aromatic carbocycles. The highest BCUT2D eigenvalue weighted by Crippen LogP contribution is 2.14. The maximum absolute atomic E-state index is 12.5. The molecule has 0 aliphatic carbocycles. The van der Waals surface area contributed by atoms with Crippen LogP contribution in [0.5, 0.6) is 0 Å². The average molecular weight is 335 g/mol. The summed E-state index contributed by atoms with van der Waals surface area (Å²) in [5.74, 6) is -0.0150. The van der Waals surface area contributed by atoms with Gasteiger partial charge in [-0.25, -0.2) is 4.98 Å². The molecule has 1 N–H and O–H groups in total. The summed E-state index contributed by atoms with van der Waals surface area (Å²) in [6.07, 6.45) is 9.17. The fourth-order valence-electron chi connectivity index (χ4n) is 3.28. The summed E-state index contributed by atoms with van der Waals surface area (Å²) >= 11 is 0. The lowest BCUT2D eigenvalue weighted by molar-refractivity contribution is 0.0908. The molecule has 4 rings (SSSR count). The van der Waals surface area contributed by atoms with Crippen LogP contribution in [0.2, 0.25) is 0 Å². The Hall–Kier alpha value is -2.73. The Balaban J connectivity index is 1.31. The van der Waals surface area contributed by atoms with Crippen LogP contribution in [0.1, 0.15) is 28.9 Å². The molecule has 0 radical (unpaired) electrons. The Kier molecular flexibility index (Phi) is 4.43. The summed E-state index contributed by atoms with van der Waals surface area (Å²) in [6.45, 7) is 2.82. The van der Waals surface area contributed by atoms with Crippen LogP contribution in [0.15, 0.2) is 55.1 Å². The number of likely N-dealkylation sites (tertiary alicyclic amines) is 1. The van der Waals surface area contributed by atoms with E-state index in [0.29, 0.717) is 5.56 Å². The number of carbonyl (C=O) groups is 1. The molecule has 1 aliphatic heterocycles. The Labute approximate surface area is 146 Å². The van der Waals surface area contributed by atoms with Gasteiger partial charge in [-0.05, 0) is 37.1 Å². The first-order chi connectivity index (χ1) is 12.3. The van der Waals surface area contributed by atoms with E-state index < -0.39 is 0 Å². The maximum Gasteiger partial charge on any atom is 0.252 e. The highest BCUT2D eigenvalue weighted by molar-refractivity contribution is 5.94. The number of carbonyl (C=O) groups excluding carboxylic acids is 1. The SMILES string of the molecule is O=C(NC1CCN(Cc2ccccn2)CC1)c1ccc2nccn2c1.